The van der Waals surface area contributed by atoms with E-state index in [1.54, 1.807) is 0 Å². The van der Waals surface area contributed by atoms with Crippen LogP contribution in [0.1, 0.15) is 44.9 Å². The summed E-state index contributed by atoms with van der Waals surface area (Å²) in [5.74, 6) is 0.125. The average molecular weight is 764 g/mol. The molecule has 0 amide bonds. The molecule has 1 heteroatoms. The first kappa shape index (κ1) is 34.6. The predicted molar refractivity (Wildman–Crippen MR) is 252 cm³/mol. The first-order chi connectivity index (χ1) is 29.8. The second-order valence-electron chi connectivity index (χ2n) is 16.3. The highest BCUT2D eigenvalue weighted by Gasteiger charge is 2.47. The summed E-state index contributed by atoms with van der Waals surface area (Å²) in [6, 6.07) is 86.0. The van der Waals surface area contributed by atoms with Crippen LogP contribution in [-0.4, -0.2) is 4.57 Å². The maximum Gasteiger partial charge on any atom is 0.0714 e. The fraction of sp³-hybridized carbons (Fsp3) is 0.0508. The van der Waals surface area contributed by atoms with Crippen LogP contribution in [0.3, 0.4) is 0 Å². The summed E-state index contributed by atoms with van der Waals surface area (Å²) >= 11 is 0. The van der Waals surface area contributed by atoms with Crippen molar-refractivity contribution in [1.82, 2.24) is 4.57 Å². The van der Waals surface area contributed by atoms with E-state index in [9.17, 15) is 0 Å². The Hall–Kier alpha value is -7.48. The van der Waals surface area contributed by atoms with Gasteiger partial charge in [-0.2, -0.15) is 0 Å². The minimum atomic E-state index is -0.549. The van der Waals surface area contributed by atoms with E-state index >= 15 is 0 Å². The van der Waals surface area contributed by atoms with Crippen molar-refractivity contribution in [3.8, 4) is 16.8 Å². The van der Waals surface area contributed by atoms with Gasteiger partial charge in [0, 0.05) is 22.3 Å². The Morgan fingerprint density at radius 3 is 1.45 bits per heavy atom. The predicted octanol–water partition coefficient (Wildman–Crippen LogP) is 14.8. The summed E-state index contributed by atoms with van der Waals surface area (Å²) in [6.07, 6.45) is 0.852. The van der Waals surface area contributed by atoms with Gasteiger partial charge in [0.2, 0.25) is 0 Å². The summed E-state index contributed by atoms with van der Waals surface area (Å²) in [5.41, 5.74) is 14.9. The highest BCUT2D eigenvalue weighted by Crippen LogP contribution is 2.58. The molecule has 12 rings (SSSR count). The van der Waals surface area contributed by atoms with Gasteiger partial charge in [0.05, 0.1) is 22.1 Å². The molecule has 11 aromatic rings. The monoisotopic (exact) mass is 763 g/mol. The molecule has 1 nitrogen and oxygen atoms in total. The Balaban J connectivity index is 1.14. The molecule has 0 saturated carbocycles. The van der Waals surface area contributed by atoms with Gasteiger partial charge in [-0.1, -0.05) is 212 Å². The molecule has 0 aliphatic heterocycles. The minimum Gasteiger partial charge on any atom is -0.309 e. The molecule has 0 unspecified atom stereocenters. The van der Waals surface area contributed by atoms with Gasteiger partial charge in [-0.3, -0.25) is 0 Å². The molecular formula is C59H41N. The Labute approximate surface area is 350 Å². The lowest BCUT2D eigenvalue weighted by molar-refractivity contribution is 0.760. The minimum absolute atomic E-state index is 0.125. The van der Waals surface area contributed by atoms with Crippen LogP contribution in [-0.2, 0) is 11.8 Å². The zero-order valence-corrected chi connectivity index (χ0v) is 33.2. The summed E-state index contributed by atoms with van der Waals surface area (Å²) in [5, 5.41) is 7.70. The number of hydrogen-bond acceptors (Lipinski definition) is 0. The second-order valence-corrected chi connectivity index (χ2v) is 16.3. The number of benzene rings is 10. The van der Waals surface area contributed by atoms with E-state index < -0.39 is 5.41 Å². The molecular weight excluding hydrogens is 723 g/mol. The first-order valence-electron chi connectivity index (χ1n) is 21.1. The van der Waals surface area contributed by atoms with Crippen LogP contribution in [0, 0.1) is 0 Å². The molecule has 1 aliphatic rings. The smallest absolute Gasteiger partial charge is 0.0714 e. The molecule has 0 saturated heterocycles. The van der Waals surface area contributed by atoms with Gasteiger partial charge in [0.15, 0.2) is 0 Å². The van der Waals surface area contributed by atoms with Gasteiger partial charge in [-0.25, -0.2) is 0 Å². The fourth-order valence-electron chi connectivity index (χ4n) is 10.8. The number of aromatic nitrogens is 1. The third-order valence-corrected chi connectivity index (χ3v) is 13.3. The van der Waals surface area contributed by atoms with Gasteiger partial charge in [-0.15, -0.1) is 0 Å². The van der Waals surface area contributed by atoms with E-state index in [4.69, 9.17) is 0 Å². The lowest BCUT2D eigenvalue weighted by Crippen LogP contribution is -2.28. The van der Waals surface area contributed by atoms with Crippen LogP contribution in [0.5, 0.6) is 0 Å². The summed E-state index contributed by atoms with van der Waals surface area (Å²) in [4.78, 5) is 0. The zero-order valence-electron chi connectivity index (χ0n) is 33.2. The lowest BCUT2D eigenvalue weighted by atomic mass is 9.67. The maximum absolute atomic E-state index is 2.56. The number of nitrogens with zero attached hydrogens (tertiary/aromatic N) is 1. The molecule has 0 spiro atoms. The third-order valence-electron chi connectivity index (χ3n) is 13.3. The SMILES string of the molecule is c1ccc(C2(c3ccccc3)c3cc(CC(c4cccc5ccccc45)c4cccc5ccccc45)ccc3-c3c(-n4c5ccccc5c5ccccc54)cccc32)cc1. The normalized spacial score (nSPS) is 13.0. The van der Waals surface area contributed by atoms with E-state index in [2.05, 4.69) is 235 Å². The molecule has 60 heavy (non-hydrogen) atoms. The van der Waals surface area contributed by atoms with Gasteiger partial charge in [-0.05, 0) is 90.7 Å². The quantitative estimate of drug-likeness (QED) is 0.152. The van der Waals surface area contributed by atoms with Gasteiger partial charge < -0.3 is 4.57 Å². The number of hydrogen-bond donors (Lipinski definition) is 0. The Morgan fingerprint density at radius 2 is 0.867 bits per heavy atom. The van der Waals surface area contributed by atoms with Crippen molar-refractivity contribution in [3.05, 3.63) is 269 Å². The van der Waals surface area contributed by atoms with E-state index in [1.807, 2.05) is 0 Å². The molecule has 0 radical (unpaired) electrons. The van der Waals surface area contributed by atoms with Crippen molar-refractivity contribution in [2.45, 2.75) is 17.8 Å². The van der Waals surface area contributed by atoms with Crippen LogP contribution < -0.4 is 0 Å². The average Bonchev–Trinajstić information content (AvgIpc) is 3.82. The van der Waals surface area contributed by atoms with Crippen molar-refractivity contribution in [2.24, 2.45) is 0 Å². The van der Waals surface area contributed by atoms with E-state index in [0.717, 1.165) is 6.42 Å². The molecule has 10 aromatic carbocycles. The van der Waals surface area contributed by atoms with E-state index in [1.165, 1.54) is 99.1 Å². The molecule has 1 aromatic heterocycles. The highest BCUT2D eigenvalue weighted by molar-refractivity contribution is 6.10. The zero-order chi connectivity index (χ0) is 39.6. The molecule has 282 valence electrons. The molecule has 1 aliphatic carbocycles. The first-order valence-corrected chi connectivity index (χ1v) is 21.1. The van der Waals surface area contributed by atoms with E-state index in [0.29, 0.717) is 0 Å². The van der Waals surface area contributed by atoms with Gasteiger partial charge >= 0.3 is 0 Å². The van der Waals surface area contributed by atoms with Crippen molar-refractivity contribution in [1.29, 1.82) is 0 Å². The third kappa shape index (κ3) is 5.12. The number of fused-ring (bicyclic) bond motifs is 8. The van der Waals surface area contributed by atoms with Crippen molar-refractivity contribution < 1.29 is 0 Å². The second kappa shape index (κ2) is 13.8. The fourth-order valence-corrected chi connectivity index (χ4v) is 10.8. The number of para-hydroxylation sites is 2. The lowest BCUT2D eigenvalue weighted by Gasteiger charge is -2.34. The largest absolute Gasteiger partial charge is 0.309 e. The topological polar surface area (TPSA) is 4.93 Å². The summed E-state index contributed by atoms with van der Waals surface area (Å²) in [7, 11) is 0. The molecule has 0 atom stereocenters. The van der Waals surface area contributed by atoms with Gasteiger partial charge in [0.25, 0.3) is 0 Å². The Bertz CT molecular complexity index is 3230. The standard InChI is InChI=1S/C59H41N/c1-3-22-43(23-4-1)59(44-24-5-2-6-25-44)53-32-17-35-57(60-55-33-13-11-28-49(55)50-29-12-14-34-56(50)60)58(53)51-37-36-40(39-54(51)59)38-52(47-30-15-20-41-18-7-9-26-45(41)47)48-31-16-21-42-19-8-10-27-46(42)48/h1-37,39,52H,38H2. The molecule has 0 N–H and O–H groups in total. The van der Waals surface area contributed by atoms with Crippen LogP contribution >= 0.6 is 0 Å². The highest BCUT2D eigenvalue weighted by atomic mass is 15.0. The molecule has 0 bridgehead atoms. The maximum atomic E-state index is 2.56. The Kier molecular flexibility index (Phi) is 7.96. The summed E-state index contributed by atoms with van der Waals surface area (Å²) in [6.45, 7) is 0. The van der Waals surface area contributed by atoms with Gasteiger partial charge in [0.1, 0.15) is 0 Å². The van der Waals surface area contributed by atoms with Crippen LogP contribution in [0.2, 0.25) is 0 Å². The Morgan fingerprint density at radius 1 is 0.383 bits per heavy atom. The summed E-state index contributed by atoms with van der Waals surface area (Å²) < 4.78 is 2.50. The van der Waals surface area contributed by atoms with Crippen molar-refractivity contribution >= 4 is 43.4 Å². The van der Waals surface area contributed by atoms with Crippen LogP contribution in [0.25, 0.3) is 60.2 Å². The van der Waals surface area contributed by atoms with Crippen LogP contribution in [0.4, 0.5) is 0 Å². The van der Waals surface area contributed by atoms with Crippen molar-refractivity contribution in [3.63, 3.8) is 0 Å². The molecule has 0 fully saturated rings. The van der Waals surface area contributed by atoms with Crippen molar-refractivity contribution in [2.75, 3.05) is 0 Å². The van der Waals surface area contributed by atoms with E-state index in [-0.39, 0.29) is 5.92 Å². The van der Waals surface area contributed by atoms with Crippen LogP contribution in [0.15, 0.2) is 231 Å². The molecule has 1 heterocycles. The number of rotatable bonds is 7.